The fourth-order valence-corrected chi connectivity index (χ4v) is 4.94. The highest BCUT2D eigenvalue weighted by molar-refractivity contribution is 8.14. The van der Waals surface area contributed by atoms with Crippen molar-refractivity contribution in [1.29, 1.82) is 0 Å². The molecule has 1 fully saturated rings. The van der Waals surface area contributed by atoms with Crippen LogP contribution in [0.4, 0.5) is 5.69 Å². The summed E-state index contributed by atoms with van der Waals surface area (Å²) in [7, 11) is 0. The minimum absolute atomic E-state index is 0.187. The van der Waals surface area contributed by atoms with Crippen molar-refractivity contribution in [3.63, 3.8) is 0 Å². The van der Waals surface area contributed by atoms with Gasteiger partial charge in [0.1, 0.15) is 11.5 Å². The Morgan fingerprint density at radius 3 is 2.44 bits per heavy atom. The summed E-state index contributed by atoms with van der Waals surface area (Å²) >= 11 is 8.78. The van der Waals surface area contributed by atoms with Crippen molar-refractivity contribution >= 4 is 51.9 Å². The molecule has 166 valence electrons. The zero-order valence-electron chi connectivity index (χ0n) is 17.3. The molecule has 2 aliphatic heterocycles. The van der Waals surface area contributed by atoms with Crippen molar-refractivity contribution < 1.29 is 14.3 Å². The van der Waals surface area contributed by atoms with E-state index in [1.54, 1.807) is 60.3 Å². The predicted molar refractivity (Wildman–Crippen MR) is 134 cm³/mol. The highest BCUT2D eigenvalue weighted by Gasteiger charge is 2.20. The Hall–Kier alpha value is -2.39. The van der Waals surface area contributed by atoms with E-state index in [2.05, 4.69) is 21.8 Å². The largest absolute Gasteiger partial charge is 0.457 e. The number of thioether (sulfide) groups is 2. The third-order valence-electron chi connectivity index (χ3n) is 4.60. The maximum Gasteiger partial charge on any atom is 0.262 e. The van der Waals surface area contributed by atoms with Crippen molar-refractivity contribution in [2.24, 2.45) is 4.99 Å². The van der Waals surface area contributed by atoms with E-state index in [0.717, 1.165) is 18.3 Å². The summed E-state index contributed by atoms with van der Waals surface area (Å²) in [5, 5.41) is 5.10. The van der Waals surface area contributed by atoms with Gasteiger partial charge < -0.3 is 19.7 Å². The number of carbonyl (C=O) groups excluding carboxylic acids is 1. The highest BCUT2D eigenvalue weighted by Crippen LogP contribution is 2.31. The van der Waals surface area contributed by atoms with Crippen molar-refractivity contribution in [2.75, 3.05) is 37.4 Å². The van der Waals surface area contributed by atoms with E-state index in [-0.39, 0.29) is 5.91 Å². The third-order valence-corrected chi connectivity index (χ3v) is 6.69. The van der Waals surface area contributed by atoms with Crippen molar-refractivity contribution in [3.8, 4) is 11.5 Å². The van der Waals surface area contributed by atoms with Gasteiger partial charge in [-0.1, -0.05) is 47.8 Å². The Bertz CT molecular complexity index is 1030. The van der Waals surface area contributed by atoms with Gasteiger partial charge in [0.15, 0.2) is 5.17 Å². The minimum atomic E-state index is -0.187. The van der Waals surface area contributed by atoms with Gasteiger partial charge in [-0.05, 0) is 48.5 Å². The second kappa shape index (κ2) is 11.0. The molecule has 2 heterocycles. The Morgan fingerprint density at radius 2 is 1.75 bits per heavy atom. The molecule has 1 saturated heterocycles. The normalized spacial score (nSPS) is 18.7. The third kappa shape index (κ3) is 6.32. The first-order valence-corrected chi connectivity index (χ1v) is 12.2. The quantitative estimate of drug-likeness (QED) is 0.606. The lowest BCUT2D eigenvalue weighted by atomic mass is 10.3. The van der Waals surface area contributed by atoms with Crippen LogP contribution in [-0.4, -0.2) is 48.0 Å². The number of rotatable bonds is 4. The molecule has 0 atom stereocenters. The topological polar surface area (TPSA) is 63.2 Å². The van der Waals surface area contributed by atoms with Crippen molar-refractivity contribution in [3.05, 3.63) is 76.1 Å². The molecular formula is C23H22ClN3O3S2. The number of hydrogen-bond donors (Lipinski definition) is 1. The van der Waals surface area contributed by atoms with Gasteiger partial charge in [-0.15, -0.1) is 0 Å². The molecule has 1 amide bonds. The molecule has 0 saturated carbocycles. The summed E-state index contributed by atoms with van der Waals surface area (Å²) in [6, 6.07) is 14.3. The van der Waals surface area contributed by atoms with Crippen LogP contribution in [0.1, 0.15) is 0 Å². The van der Waals surface area contributed by atoms with Gasteiger partial charge in [0.2, 0.25) is 0 Å². The second-order valence-corrected chi connectivity index (χ2v) is 9.44. The Labute approximate surface area is 200 Å². The van der Waals surface area contributed by atoms with E-state index in [4.69, 9.17) is 21.1 Å². The van der Waals surface area contributed by atoms with E-state index < -0.39 is 0 Å². The number of amidine groups is 1. The Kier molecular flexibility index (Phi) is 7.81. The van der Waals surface area contributed by atoms with Crippen LogP contribution in [0.25, 0.3) is 0 Å². The predicted octanol–water partition coefficient (Wildman–Crippen LogP) is 5.59. The molecule has 2 aromatic carbocycles. The number of anilines is 1. The molecule has 0 unspecified atom stereocenters. The molecule has 0 aliphatic carbocycles. The molecule has 0 bridgehead atoms. The van der Waals surface area contributed by atoms with Gasteiger partial charge in [-0.3, -0.25) is 4.79 Å². The number of benzene rings is 2. The number of hydrogen-bond acceptors (Lipinski definition) is 7. The van der Waals surface area contributed by atoms with Crippen LogP contribution in [0, 0.1) is 0 Å². The van der Waals surface area contributed by atoms with Crippen LogP contribution in [-0.2, 0) is 9.53 Å². The van der Waals surface area contributed by atoms with E-state index in [9.17, 15) is 4.79 Å². The van der Waals surface area contributed by atoms with Gasteiger partial charge in [-0.2, -0.15) is 0 Å². The fraction of sp³-hybridized carbons (Fsp3) is 0.217. The van der Waals surface area contributed by atoms with E-state index >= 15 is 0 Å². The van der Waals surface area contributed by atoms with Gasteiger partial charge in [-0.25, -0.2) is 4.99 Å². The number of nitrogens with one attached hydrogen (secondary N) is 1. The monoisotopic (exact) mass is 487 g/mol. The number of carbonyl (C=O) groups is 1. The van der Waals surface area contributed by atoms with Crippen molar-refractivity contribution in [2.45, 2.75) is 0 Å². The molecule has 4 rings (SSSR count). The van der Waals surface area contributed by atoms with Crippen LogP contribution in [0.15, 0.2) is 76.1 Å². The first-order chi connectivity index (χ1) is 15.6. The van der Waals surface area contributed by atoms with E-state index in [1.165, 1.54) is 11.8 Å². The molecule has 6 nitrogen and oxygen atoms in total. The van der Waals surface area contributed by atoms with Gasteiger partial charge in [0.05, 0.1) is 23.1 Å². The number of halogens is 1. The molecule has 0 spiro atoms. The summed E-state index contributed by atoms with van der Waals surface area (Å²) in [6.07, 6.45) is 1.92. The number of aliphatic imine (C=N–C) groups is 1. The van der Waals surface area contributed by atoms with Crippen LogP contribution in [0.3, 0.4) is 0 Å². The molecule has 1 N–H and O–H groups in total. The molecular weight excluding hydrogens is 466 g/mol. The maximum atomic E-state index is 12.8. The smallest absolute Gasteiger partial charge is 0.262 e. The summed E-state index contributed by atoms with van der Waals surface area (Å²) < 4.78 is 11.2. The highest BCUT2D eigenvalue weighted by atomic mass is 35.5. The summed E-state index contributed by atoms with van der Waals surface area (Å²) in [5.41, 5.74) is 0.679. The zero-order chi connectivity index (χ0) is 22.3. The maximum absolute atomic E-state index is 12.8. The van der Waals surface area contributed by atoms with E-state index in [0.29, 0.717) is 51.1 Å². The Balaban J connectivity index is 1.34. The lowest BCUT2D eigenvalue weighted by molar-refractivity contribution is -0.112. The molecule has 2 aliphatic rings. The Morgan fingerprint density at radius 1 is 1.09 bits per heavy atom. The second-order valence-electron chi connectivity index (χ2n) is 6.90. The SMILES string of the molecule is C=C1N=C(N2CCOCC2)SC/C=C(/C(=O)Nc2ccc(Oc3ccc(Cl)cc3)cc2)S1. The number of amides is 1. The lowest BCUT2D eigenvalue weighted by Gasteiger charge is -2.29. The minimum Gasteiger partial charge on any atom is -0.457 e. The molecule has 9 heteroatoms. The summed E-state index contributed by atoms with van der Waals surface area (Å²) in [5.74, 6) is 1.83. The van der Waals surface area contributed by atoms with Crippen LogP contribution < -0.4 is 10.1 Å². The summed E-state index contributed by atoms with van der Waals surface area (Å²) in [4.78, 5) is 20.2. The van der Waals surface area contributed by atoms with Gasteiger partial charge in [0.25, 0.3) is 5.91 Å². The van der Waals surface area contributed by atoms with Crippen molar-refractivity contribution in [1.82, 2.24) is 4.90 Å². The van der Waals surface area contributed by atoms with Crippen LogP contribution in [0.2, 0.25) is 5.02 Å². The molecule has 0 radical (unpaired) electrons. The fourth-order valence-electron chi connectivity index (χ4n) is 3.02. The van der Waals surface area contributed by atoms with Gasteiger partial charge in [0, 0.05) is 29.6 Å². The number of nitrogens with zero attached hydrogens (tertiary/aromatic N) is 2. The van der Waals surface area contributed by atoms with Crippen LogP contribution >= 0.6 is 35.1 Å². The summed E-state index contributed by atoms with van der Waals surface area (Å²) in [6.45, 7) is 7.05. The average Bonchev–Trinajstić information content (AvgIpc) is 2.79. The number of morpholine rings is 1. The first-order valence-electron chi connectivity index (χ1n) is 10.0. The zero-order valence-corrected chi connectivity index (χ0v) is 19.6. The number of ether oxygens (including phenoxy) is 2. The molecule has 2 aromatic rings. The first kappa shape index (κ1) is 22.8. The standard InChI is InChI=1S/C23H22ClN3O3S2/c1-16-25-23(27-11-13-29-14-12-27)31-15-10-21(32-16)22(28)26-18-4-8-20(9-5-18)30-19-6-2-17(24)3-7-19/h2-10H,1,11-15H2,(H,26,28)/b21-10-,25-23?. The van der Waals surface area contributed by atoms with E-state index in [1.807, 2.05) is 6.08 Å². The average molecular weight is 488 g/mol. The molecule has 32 heavy (non-hydrogen) atoms. The molecule has 0 aromatic heterocycles. The van der Waals surface area contributed by atoms with Gasteiger partial charge >= 0.3 is 0 Å². The lowest BCUT2D eigenvalue weighted by Crippen LogP contribution is -2.39. The van der Waals surface area contributed by atoms with Crippen LogP contribution in [0.5, 0.6) is 11.5 Å².